The van der Waals surface area contributed by atoms with Gasteiger partial charge in [0.1, 0.15) is 0 Å². The molecule has 0 saturated heterocycles. The Bertz CT molecular complexity index is 831. The highest BCUT2D eigenvalue weighted by atomic mass is 32.1. The lowest BCUT2D eigenvalue weighted by atomic mass is 9.88. The second-order valence-corrected chi connectivity index (χ2v) is 5.75. The molecule has 2 heterocycles. The van der Waals surface area contributed by atoms with Crippen LogP contribution >= 0.6 is 12.2 Å². The molecule has 0 spiro atoms. The molecule has 0 radical (unpaired) electrons. The molecule has 3 aromatic rings. The maximum atomic E-state index is 5.51. The van der Waals surface area contributed by atoms with E-state index in [4.69, 9.17) is 12.2 Å². The largest absolute Gasteiger partial charge is 0.329 e. The Balaban J connectivity index is 1.82. The number of benzene rings is 1. The van der Waals surface area contributed by atoms with Gasteiger partial charge in [0.25, 0.3) is 0 Å². The van der Waals surface area contributed by atoms with E-state index in [9.17, 15) is 0 Å². The summed E-state index contributed by atoms with van der Waals surface area (Å²) in [4.78, 5) is 7.42. The number of nitrogens with one attached hydrogen (secondary N) is 1. The number of nitrogens with zero attached hydrogens (tertiary/aromatic N) is 2. The summed E-state index contributed by atoms with van der Waals surface area (Å²) < 4.78 is 3.07. The normalized spacial score (nSPS) is 18.1. The van der Waals surface area contributed by atoms with E-state index in [1.54, 1.807) is 0 Å². The molecule has 2 aromatic heterocycles. The van der Waals surface area contributed by atoms with Crippen LogP contribution in [0, 0.1) is 4.77 Å². The molecular weight excluding hydrogens is 266 g/mol. The minimum absolute atomic E-state index is 0.438. The first kappa shape index (κ1) is 11.9. The molecule has 0 saturated carbocycles. The Morgan fingerprint density at radius 1 is 1.20 bits per heavy atom. The molecule has 1 atom stereocenters. The van der Waals surface area contributed by atoms with Gasteiger partial charge in [-0.2, -0.15) is 0 Å². The molecule has 1 aromatic carbocycles. The van der Waals surface area contributed by atoms with Crippen molar-refractivity contribution in [1.29, 1.82) is 0 Å². The molecule has 3 nitrogen and oxygen atoms in total. The Morgan fingerprint density at radius 3 is 2.95 bits per heavy atom. The molecule has 1 aliphatic carbocycles. The van der Waals surface area contributed by atoms with Crippen LogP contribution in [0.4, 0.5) is 0 Å². The monoisotopic (exact) mass is 281 g/mol. The van der Waals surface area contributed by atoms with E-state index in [1.165, 1.54) is 11.1 Å². The Morgan fingerprint density at radius 2 is 2.05 bits per heavy atom. The number of pyridine rings is 1. The lowest BCUT2D eigenvalue weighted by molar-refractivity contribution is 0.448. The summed E-state index contributed by atoms with van der Waals surface area (Å²) in [6.07, 6.45) is 7.00. The van der Waals surface area contributed by atoms with Crippen LogP contribution in [0.1, 0.15) is 23.6 Å². The number of fused-ring (bicyclic) bond motifs is 2. The molecule has 1 unspecified atom stereocenters. The van der Waals surface area contributed by atoms with Crippen LogP contribution in [0.15, 0.2) is 42.7 Å². The van der Waals surface area contributed by atoms with Gasteiger partial charge in [-0.05, 0) is 48.7 Å². The molecule has 0 amide bonds. The van der Waals surface area contributed by atoms with Crippen molar-refractivity contribution in [3.63, 3.8) is 0 Å². The third-order valence-electron chi connectivity index (χ3n) is 4.20. The highest BCUT2D eigenvalue weighted by Crippen LogP contribution is 2.31. The lowest BCUT2D eigenvalue weighted by Crippen LogP contribution is -2.18. The minimum atomic E-state index is 0.438. The number of imidazole rings is 1. The quantitative estimate of drug-likeness (QED) is 0.688. The topological polar surface area (TPSA) is 33.6 Å². The maximum absolute atomic E-state index is 5.51. The lowest BCUT2D eigenvalue weighted by Gasteiger charge is -2.26. The number of aromatic amines is 1. The van der Waals surface area contributed by atoms with E-state index in [2.05, 4.69) is 38.8 Å². The summed E-state index contributed by atoms with van der Waals surface area (Å²) in [5, 5.41) is 0. The van der Waals surface area contributed by atoms with Gasteiger partial charge in [-0.25, -0.2) is 0 Å². The van der Waals surface area contributed by atoms with E-state index in [0.717, 1.165) is 35.1 Å². The van der Waals surface area contributed by atoms with E-state index in [-0.39, 0.29) is 0 Å². The summed E-state index contributed by atoms with van der Waals surface area (Å²) in [6, 6.07) is 11.2. The van der Waals surface area contributed by atoms with Gasteiger partial charge in [0, 0.05) is 12.2 Å². The van der Waals surface area contributed by atoms with Crippen molar-refractivity contribution in [1.82, 2.24) is 14.5 Å². The SMILES string of the molecule is S=c1[nH]c2cnccc2n1C1CCc2ccccc2C1. The second kappa shape index (κ2) is 4.56. The van der Waals surface area contributed by atoms with E-state index in [1.807, 2.05) is 18.5 Å². The van der Waals surface area contributed by atoms with E-state index < -0.39 is 0 Å². The number of rotatable bonds is 1. The fraction of sp³-hybridized carbons (Fsp3) is 0.250. The van der Waals surface area contributed by atoms with Crippen molar-refractivity contribution in [2.75, 3.05) is 0 Å². The Kier molecular flexibility index (Phi) is 2.70. The van der Waals surface area contributed by atoms with Crippen LogP contribution < -0.4 is 0 Å². The molecule has 0 bridgehead atoms. The number of aryl methyl sites for hydroxylation is 1. The van der Waals surface area contributed by atoms with E-state index in [0.29, 0.717) is 6.04 Å². The van der Waals surface area contributed by atoms with Gasteiger partial charge in [0.2, 0.25) is 0 Å². The zero-order chi connectivity index (χ0) is 13.5. The van der Waals surface area contributed by atoms with Gasteiger partial charge in [0.15, 0.2) is 4.77 Å². The highest BCUT2D eigenvalue weighted by molar-refractivity contribution is 7.71. The molecule has 4 rings (SSSR count). The molecular formula is C16H15N3S. The summed E-state index contributed by atoms with van der Waals surface area (Å²) in [5.41, 5.74) is 5.12. The number of H-pyrrole nitrogens is 1. The minimum Gasteiger partial charge on any atom is -0.329 e. The van der Waals surface area contributed by atoms with Crippen LogP contribution in [-0.2, 0) is 12.8 Å². The highest BCUT2D eigenvalue weighted by Gasteiger charge is 2.21. The van der Waals surface area contributed by atoms with Gasteiger partial charge in [-0.3, -0.25) is 4.98 Å². The molecule has 100 valence electrons. The molecule has 1 N–H and O–H groups in total. The van der Waals surface area contributed by atoms with Gasteiger partial charge in [-0.15, -0.1) is 0 Å². The fourth-order valence-corrected chi connectivity index (χ4v) is 3.60. The molecule has 20 heavy (non-hydrogen) atoms. The van der Waals surface area contributed by atoms with Crippen LogP contribution in [0.5, 0.6) is 0 Å². The summed E-state index contributed by atoms with van der Waals surface area (Å²) in [7, 11) is 0. The van der Waals surface area contributed by atoms with Gasteiger partial charge in [0.05, 0.1) is 17.2 Å². The van der Waals surface area contributed by atoms with Crippen molar-refractivity contribution >= 4 is 23.3 Å². The predicted molar refractivity (Wildman–Crippen MR) is 82.4 cm³/mol. The molecule has 4 heteroatoms. The van der Waals surface area contributed by atoms with Crippen molar-refractivity contribution in [2.45, 2.75) is 25.3 Å². The van der Waals surface area contributed by atoms with E-state index >= 15 is 0 Å². The first-order valence-electron chi connectivity index (χ1n) is 6.94. The van der Waals surface area contributed by atoms with Crippen LogP contribution in [0.3, 0.4) is 0 Å². The van der Waals surface area contributed by atoms with Crippen molar-refractivity contribution in [3.8, 4) is 0 Å². The Hall–Kier alpha value is -1.94. The first-order chi connectivity index (χ1) is 9.83. The summed E-state index contributed by atoms with van der Waals surface area (Å²) >= 11 is 5.51. The predicted octanol–water partition coefficient (Wildman–Crippen LogP) is 3.82. The van der Waals surface area contributed by atoms with Gasteiger partial charge < -0.3 is 9.55 Å². The van der Waals surface area contributed by atoms with Crippen molar-refractivity contribution < 1.29 is 0 Å². The standard InChI is InChI=1S/C16H15N3S/c20-16-18-14-10-17-8-7-15(14)19(16)13-6-5-11-3-1-2-4-12(11)9-13/h1-4,7-8,10,13H,5-6,9H2,(H,18,20). The number of hydrogen-bond donors (Lipinski definition) is 1. The van der Waals surface area contributed by atoms with Crippen LogP contribution in [0.2, 0.25) is 0 Å². The smallest absolute Gasteiger partial charge is 0.178 e. The molecule has 1 aliphatic rings. The number of aromatic nitrogens is 3. The van der Waals surface area contributed by atoms with Crippen LogP contribution in [-0.4, -0.2) is 14.5 Å². The zero-order valence-corrected chi connectivity index (χ0v) is 11.9. The third-order valence-corrected chi connectivity index (χ3v) is 4.50. The summed E-state index contributed by atoms with van der Waals surface area (Å²) in [6.45, 7) is 0. The van der Waals surface area contributed by atoms with Crippen LogP contribution in [0.25, 0.3) is 11.0 Å². The maximum Gasteiger partial charge on any atom is 0.178 e. The fourth-order valence-electron chi connectivity index (χ4n) is 3.24. The second-order valence-electron chi connectivity index (χ2n) is 5.36. The van der Waals surface area contributed by atoms with Gasteiger partial charge in [-0.1, -0.05) is 24.3 Å². The first-order valence-corrected chi connectivity index (χ1v) is 7.35. The third kappa shape index (κ3) is 1.79. The summed E-state index contributed by atoms with van der Waals surface area (Å²) in [5.74, 6) is 0. The molecule has 0 fully saturated rings. The molecule has 0 aliphatic heterocycles. The number of hydrogen-bond acceptors (Lipinski definition) is 2. The van der Waals surface area contributed by atoms with Crippen molar-refractivity contribution in [2.24, 2.45) is 0 Å². The zero-order valence-electron chi connectivity index (χ0n) is 11.0. The average molecular weight is 281 g/mol. The average Bonchev–Trinajstić information content (AvgIpc) is 2.82. The van der Waals surface area contributed by atoms with Crippen molar-refractivity contribution in [3.05, 3.63) is 58.6 Å². The van der Waals surface area contributed by atoms with Gasteiger partial charge >= 0.3 is 0 Å². The Labute approximate surface area is 122 Å².